The molecule has 0 spiro atoms. The number of alkyl halides is 1. The fourth-order valence-corrected chi connectivity index (χ4v) is 3.28. The van der Waals surface area contributed by atoms with Gasteiger partial charge in [0, 0.05) is 10.5 Å². The third-order valence-corrected chi connectivity index (χ3v) is 4.86. The highest BCUT2D eigenvalue weighted by Crippen LogP contribution is 2.29. The Morgan fingerprint density at radius 2 is 2.10 bits per heavy atom. The number of aryl methyl sites for hydroxylation is 1. The molecule has 0 aliphatic rings. The molecule has 0 radical (unpaired) electrons. The van der Waals surface area contributed by atoms with Crippen molar-refractivity contribution in [2.24, 2.45) is 0 Å². The molecule has 0 aliphatic carbocycles. The summed E-state index contributed by atoms with van der Waals surface area (Å²) in [5, 5.41) is 0. The molecule has 3 rings (SSSR count). The Kier molecular flexibility index (Phi) is 4.25. The van der Waals surface area contributed by atoms with E-state index in [1.165, 1.54) is 6.07 Å². The van der Waals surface area contributed by atoms with Crippen molar-refractivity contribution in [3.8, 4) is 5.69 Å². The Bertz CT molecular complexity index is 847. The molecule has 1 aromatic heterocycles. The normalized spacial score (nSPS) is 11.3. The summed E-state index contributed by atoms with van der Waals surface area (Å²) in [5.41, 5.74) is 3.49. The fourth-order valence-electron chi connectivity index (χ4n) is 2.30. The lowest BCUT2D eigenvalue weighted by atomic mass is 10.2. The van der Waals surface area contributed by atoms with Gasteiger partial charge in [-0.3, -0.25) is 4.57 Å². The van der Waals surface area contributed by atoms with Crippen LogP contribution < -0.4 is 0 Å². The van der Waals surface area contributed by atoms with Crippen LogP contribution >= 0.6 is 50.1 Å². The van der Waals surface area contributed by atoms with Crippen LogP contribution in [-0.4, -0.2) is 9.55 Å². The van der Waals surface area contributed by atoms with Crippen LogP contribution in [0.3, 0.4) is 0 Å². The van der Waals surface area contributed by atoms with E-state index >= 15 is 0 Å². The van der Waals surface area contributed by atoms with Crippen molar-refractivity contribution in [3.63, 3.8) is 0 Å². The number of imidazole rings is 1. The van der Waals surface area contributed by atoms with E-state index in [2.05, 4.69) is 20.9 Å². The molecule has 3 aromatic rings. The molecule has 21 heavy (non-hydrogen) atoms. The zero-order chi connectivity index (χ0) is 15.1. The molecular weight excluding hydrogens is 469 g/mol. The van der Waals surface area contributed by atoms with Gasteiger partial charge in [-0.1, -0.05) is 22.0 Å². The van der Waals surface area contributed by atoms with Crippen LogP contribution in [0, 0.1) is 16.3 Å². The first-order valence-corrected chi connectivity index (χ1v) is 8.60. The lowest BCUT2D eigenvalue weighted by Crippen LogP contribution is -2.02. The molecule has 0 saturated carbocycles. The van der Waals surface area contributed by atoms with Crippen molar-refractivity contribution < 1.29 is 4.39 Å². The Morgan fingerprint density at radius 3 is 2.81 bits per heavy atom. The predicted octanol–water partition coefficient (Wildman–Crippen LogP) is 5.58. The minimum absolute atomic E-state index is 0.252. The average Bonchev–Trinajstić information content (AvgIpc) is 2.79. The summed E-state index contributed by atoms with van der Waals surface area (Å²) < 4.78 is 17.4. The summed E-state index contributed by atoms with van der Waals surface area (Å²) in [4.78, 5) is 4.52. The van der Waals surface area contributed by atoms with E-state index in [1.807, 2.05) is 52.3 Å². The maximum Gasteiger partial charge on any atom is 0.138 e. The standard InChI is InChI=1S/C15H10BrClFIN2/c1-8-2-3-9(16)4-13(8)21-14-5-10(18)11(19)6-12(14)20-15(21)7-17/h2-6H,7H2,1H3. The number of hydrogen-bond acceptors (Lipinski definition) is 1. The molecule has 0 bridgehead atoms. The SMILES string of the molecule is Cc1ccc(Br)cc1-n1c(CCl)nc2cc(I)c(F)cc21. The zero-order valence-electron chi connectivity index (χ0n) is 11.0. The molecule has 0 N–H and O–H groups in total. The second kappa shape index (κ2) is 5.85. The van der Waals surface area contributed by atoms with Crippen LogP contribution in [0.4, 0.5) is 4.39 Å². The highest BCUT2D eigenvalue weighted by Gasteiger charge is 2.16. The molecule has 108 valence electrons. The highest BCUT2D eigenvalue weighted by molar-refractivity contribution is 14.1. The predicted molar refractivity (Wildman–Crippen MR) is 95.7 cm³/mol. The molecule has 2 aromatic carbocycles. The number of aromatic nitrogens is 2. The van der Waals surface area contributed by atoms with E-state index in [1.54, 1.807) is 6.07 Å². The van der Waals surface area contributed by atoms with E-state index in [0.717, 1.165) is 26.8 Å². The smallest absolute Gasteiger partial charge is 0.138 e. The van der Waals surface area contributed by atoms with Crippen molar-refractivity contribution in [1.29, 1.82) is 0 Å². The third-order valence-electron chi connectivity index (χ3n) is 3.30. The number of benzene rings is 2. The number of nitrogens with zero attached hydrogens (tertiary/aromatic N) is 2. The molecule has 1 heterocycles. The summed E-state index contributed by atoms with van der Waals surface area (Å²) in [6, 6.07) is 9.22. The van der Waals surface area contributed by atoms with E-state index in [0.29, 0.717) is 9.39 Å². The lowest BCUT2D eigenvalue weighted by molar-refractivity contribution is 0.621. The maximum atomic E-state index is 13.9. The number of fused-ring (bicyclic) bond motifs is 1. The van der Waals surface area contributed by atoms with Gasteiger partial charge in [0.05, 0.1) is 26.2 Å². The fraction of sp³-hybridized carbons (Fsp3) is 0.133. The monoisotopic (exact) mass is 478 g/mol. The summed E-state index contributed by atoms with van der Waals surface area (Å²) in [7, 11) is 0. The van der Waals surface area contributed by atoms with E-state index in [9.17, 15) is 4.39 Å². The maximum absolute atomic E-state index is 13.9. The van der Waals surface area contributed by atoms with Crippen LogP contribution in [0.5, 0.6) is 0 Å². The summed E-state index contributed by atoms with van der Waals surface area (Å²) in [5.74, 6) is 0.714. The minimum Gasteiger partial charge on any atom is -0.295 e. The first-order valence-electron chi connectivity index (χ1n) is 6.20. The average molecular weight is 480 g/mol. The molecule has 2 nitrogen and oxygen atoms in total. The number of rotatable bonds is 2. The Morgan fingerprint density at radius 1 is 1.33 bits per heavy atom. The first kappa shape index (κ1) is 15.2. The van der Waals surface area contributed by atoms with Crippen LogP contribution in [0.1, 0.15) is 11.4 Å². The van der Waals surface area contributed by atoms with Gasteiger partial charge in [0.2, 0.25) is 0 Å². The van der Waals surface area contributed by atoms with E-state index < -0.39 is 0 Å². The van der Waals surface area contributed by atoms with Gasteiger partial charge in [-0.2, -0.15) is 0 Å². The van der Waals surface area contributed by atoms with Gasteiger partial charge in [0.25, 0.3) is 0 Å². The molecule has 0 atom stereocenters. The van der Waals surface area contributed by atoms with Crippen molar-refractivity contribution >= 4 is 61.2 Å². The van der Waals surface area contributed by atoms with Gasteiger partial charge in [-0.15, -0.1) is 11.6 Å². The van der Waals surface area contributed by atoms with E-state index in [4.69, 9.17) is 11.6 Å². The highest BCUT2D eigenvalue weighted by atomic mass is 127. The molecule has 0 aliphatic heterocycles. The Hall–Kier alpha value is -0.660. The zero-order valence-corrected chi connectivity index (χ0v) is 15.5. The van der Waals surface area contributed by atoms with Gasteiger partial charge in [-0.05, 0) is 53.3 Å². The van der Waals surface area contributed by atoms with Crippen molar-refractivity contribution in [2.45, 2.75) is 12.8 Å². The van der Waals surface area contributed by atoms with Crippen LogP contribution in [0.15, 0.2) is 34.8 Å². The molecule has 0 fully saturated rings. The molecule has 0 saturated heterocycles. The first-order chi connectivity index (χ1) is 10.0. The molecular formula is C15H10BrClFIN2. The summed E-state index contributed by atoms with van der Waals surface area (Å²) >= 11 is 11.5. The third kappa shape index (κ3) is 2.71. The van der Waals surface area contributed by atoms with Gasteiger partial charge in [0.1, 0.15) is 11.6 Å². The summed E-state index contributed by atoms with van der Waals surface area (Å²) in [6.07, 6.45) is 0. The quantitative estimate of drug-likeness (QED) is 0.347. The Labute approximate surface area is 148 Å². The minimum atomic E-state index is -0.252. The van der Waals surface area contributed by atoms with Crippen LogP contribution in [0.25, 0.3) is 16.7 Å². The molecule has 0 amide bonds. The Balaban J connectivity index is 2.40. The lowest BCUT2D eigenvalue weighted by Gasteiger charge is -2.12. The number of halogens is 4. The van der Waals surface area contributed by atoms with Gasteiger partial charge >= 0.3 is 0 Å². The van der Waals surface area contributed by atoms with Crippen LogP contribution in [0.2, 0.25) is 0 Å². The van der Waals surface area contributed by atoms with Gasteiger partial charge in [-0.25, -0.2) is 9.37 Å². The topological polar surface area (TPSA) is 17.8 Å². The second-order valence-electron chi connectivity index (χ2n) is 4.68. The summed E-state index contributed by atoms with van der Waals surface area (Å²) in [6.45, 7) is 2.01. The van der Waals surface area contributed by atoms with Crippen molar-refractivity contribution in [2.75, 3.05) is 0 Å². The van der Waals surface area contributed by atoms with Crippen LogP contribution in [-0.2, 0) is 5.88 Å². The largest absolute Gasteiger partial charge is 0.295 e. The second-order valence-corrected chi connectivity index (χ2v) is 7.03. The van der Waals surface area contributed by atoms with Gasteiger partial charge < -0.3 is 0 Å². The molecule has 6 heteroatoms. The van der Waals surface area contributed by atoms with Gasteiger partial charge in [0.15, 0.2) is 0 Å². The van der Waals surface area contributed by atoms with Crippen molar-refractivity contribution in [3.05, 3.63) is 55.6 Å². The molecule has 0 unspecified atom stereocenters. The van der Waals surface area contributed by atoms with E-state index in [-0.39, 0.29) is 11.7 Å². The number of hydrogen-bond donors (Lipinski definition) is 0. The van der Waals surface area contributed by atoms with Crippen molar-refractivity contribution in [1.82, 2.24) is 9.55 Å².